The van der Waals surface area contributed by atoms with Gasteiger partial charge in [0.1, 0.15) is 5.75 Å². The van der Waals surface area contributed by atoms with Crippen LogP contribution in [0, 0.1) is 0 Å². The van der Waals surface area contributed by atoms with Crippen molar-refractivity contribution in [2.75, 3.05) is 6.61 Å². The van der Waals surface area contributed by atoms with Crippen LogP contribution in [0.1, 0.15) is 5.56 Å². The Morgan fingerprint density at radius 3 is 2.35 bits per heavy atom. The van der Waals surface area contributed by atoms with Crippen molar-refractivity contribution in [2.45, 2.75) is 0 Å². The van der Waals surface area contributed by atoms with Gasteiger partial charge in [0.15, 0.2) is 6.61 Å². The number of rotatable bonds is 5. The molecule has 0 aromatic heterocycles. The number of hydrogen-bond donors (Lipinski definition) is 1. The Morgan fingerprint density at radius 1 is 1.04 bits per heavy atom. The Kier molecular flexibility index (Phi) is 6.54. The average Bonchev–Trinajstić information content (AvgIpc) is 2.48. The zero-order valence-corrected chi connectivity index (χ0v) is 14.5. The van der Waals surface area contributed by atoms with Gasteiger partial charge in [-0.15, -0.1) is 0 Å². The highest BCUT2D eigenvalue weighted by Gasteiger charge is 2.06. The summed E-state index contributed by atoms with van der Waals surface area (Å²) in [7, 11) is 0. The molecule has 0 bridgehead atoms. The first kappa shape index (κ1) is 17.9. The van der Waals surface area contributed by atoms with Gasteiger partial charge in [-0.05, 0) is 30.3 Å². The van der Waals surface area contributed by atoms with Crippen LogP contribution in [0.5, 0.6) is 5.75 Å². The fourth-order valence-corrected chi connectivity index (χ4v) is 2.47. The number of nitrogens with zero attached hydrogens (tertiary/aromatic N) is 1. The van der Waals surface area contributed by atoms with Gasteiger partial charge in [0.25, 0.3) is 5.91 Å². The van der Waals surface area contributed by atoms with Crippen molar-refractivity contribution in [1.82, 2.24) is 5.43 Å². The van der Waals surface area contributed by atoms with Crippen molar-refractivity contribution < 1.29 is 9.53 Å². The van der Waals surface area contributed by atoms with Crippen LogP contribution in [0.2, 0.25) is 20.1 Å². The summed E-state index contributed by atoms with van der Waals surface area (Å²) >= 11 is 23.5. The Bertz CT molecular complexity index is 750. The first-order valence-electron chi connectivity index (χ1n) is 6.30. The zero-order valence-electron chi connectivity index (χ0n) is 11.5. The van der Waals surface area contributed by atoms with Gasteiger partial charge in [0.2, 0.25) is 0 Å². The lowest BCUT2D eigenvalue weighted by Gasteiger charge is -2.07. The van der Waals surface area contributed by atoms with Crippen molar-refractivity contribution in [3.8, 4) is 5.75 Å². The molecule has 0 fully saturated rings. The van der Waals surface area contributed by atoms with Crippen molar-refractivity contribution >= 4 is 58.5 Å². The summed E-state index contributed by atoms with van der Waals surface area (Å²) in [5.74, 6) is -0.0895. The average molecular weight is 392 g/mol. The molecule has 0 aliphatic heterocycles. The Hall–Kier alpha value is -1.46. The summed E-state index contributed by atoms with van der Waals surface area (Å²) in [4.78, 5) is 11.7. The lowest BCUT2D eigenvalue weighted by Crippen LogP contribution is -2.24. The number of benzene rings is 2. The van der Waals surface area contributed by atoms with E-state index in [2.05, 4.69) is 10.5 Å². The van der Waals surface area contributed by atoms with Gasteiger partial charge in [-0.1, -0.05) is 52.5 Å². The van der Waals surface area contributed by atoms with E-state index in [1.54, 1.807) is 30.3 Å². The van der Waals surface area contributed by atoms with Crippen LogP contribution in [-0.2, 0) is 4.79 Å². The van der Waals surface area contributed by atoms with Crippen LogP contribution in [0.3, 0.4) is 0 Å². The quantitative estimate of drug-likeness (QED) is 0.586. The van der Waals surface area contributed by atoms with Gasteiger partial charge < -0.3 is 4.74 Å². The largest absolute Gasteiger partial charge is 0.482 e. The molecule has 4 nitrogen and oxygen atoms in total. The van der Waals surface area contributed by atoms with Crippen molar-refractivity contribution in [1.29, 1.82) is 0 Å². The summed E-state index contributed by atoms with van der Waals surface area (Å²) in [6.45, 7) is -0.243. The van der Waals surface area contributed by atoms with Gasteiger partial charge in [0.05, 0.1) is 16.3 Å². The summed E-state index contributed by atoms with van der Waals surface area (Å²) in [5, 5.41) is 5.55. The Labute approximate surface area is 152 Å². The lowest BCUT2D eigenvalue weighted by molar-refractivity contribution is -0.123. The molecule has 0 unspecified atom stereocenters. The third-order valence-corrected chi connectivity index (χ3v) is 3.70. The number of carbonyl (C=O) groups excluding carboxylic acids is 1. The molecule has 23 heavy (non-hydrogen) atoms. The van der Waals surface area contributed by atoms with Crippen LogP contribution in [0.4, 0.5) is 0 Å². The molecule has 0 heterocycles. The number of nitrogens with one attached hydrogen (secondary N) is 1. The van der Waals surface area contributed by atoms with Crippen LogP contribution in [-0.4, -0.2) is 18.7 Å². The molecule has 0 radical (unpaired) electrons. The number of amides is 1. The third-order valence-electron chi connectivity index (χ3n) is 2.61. The van der Waals surface area contributed by atoms with E-state index < -0.39 is 5.91 Å². The topological polar surface area (TPSA) is 50.7 Å². The SMILES string of the molecule is O=C(COc1ccc(Cl)cc1Cl)N/N=C/c1ccc(Cl)cc1Cl. The lowest BCUT2D eigenvalue weighted by atomic mass is 10.2. The smallest absolute Gasteiger partial charge is 0.277 e. The van der Waals surface area contributed by atoms with Crippen molar-refractivity contribution in [3.05, 3.63) is 62.1 Å². The molecule has 1 amide bonds. The van der Waals surface area contributed by atoms with Crippen LogP contribution >= 0.6 is 46.4 Å². The standard InChI is InChI=1S/C15H10Cl4N2O2/c16-10-2-1-9(12(18)5-10)7-20-21-15(22)8-23-14-4-3-11(17)6-13(14)19/h1-7H,8H2,(H,21,22)/b20-7+. The molecule has 1 N–H and O–H groups in total. The normalized spacial score (nSPS) is 10.8. The maximum atomic E-state index is 11.7. The second kappa shape index (κ2) is 8.41. The van der Waals surface area contributed by atoms with Crippen molar-refractivity contribution in [3.63, 3.8) is 0 Å². The van der Waals surface area contributed by atoms with Gasteiger partial charge in [0, 0.05) is 15.6 Å². The minimum Gasteiger partial charge on any atom is -0.482 e. The summed E-state index contributed by atoms with van der Waals surface area (Å²) in [6.07, 6.45) is 1.41. The number of hydrazone groups is 1. The van der Waals surface area contributed by atoms with Crippen LogP contribution in [0.15, 0.2) is 41.5 Å². The molecule has 2 aromatic carbocycles. The minimum absolute atomic E-state index is 0.243. The summed E-state index contributed by atoms with van der Waals surface area (Å²) in [6, 6.07) is 9.65. The zero-order chi connectivity index (χ0) is 16.8. The van der Waals surface area contributed by atoms with Gasteiger partial charge in [-0.25, -0.2) is 5.43 Å². The highest BCUT2D eigenvalue weighted by atomic mass is 35.5. The van der Waals surface area contributed by atoms with E-state index in [1.807, 2.05) is 0 Å². The summed E-state index contributed by atoms with van der Waals surface area (Å²) < 4.78 is 5.28. The molecule has 0 aliphatic carbocycles. The predicted molar refractivity (Wildman–Crippen MR) is 94.2 cm³/mol. The first-order valence-corrected chi connectivity index (χ1v) is 7.81. The van der Waals surface area contributed by atoms with Crippen LogP contribution < -0.4 is 10.2 Å². The monoisotopic (exact) mass is 390 g/mol. The Balaban J connectivity index is 1.86. The molecule has 8 heteroatoms. The third kappa shape index (κ3) is 5.59. The number of ether oxygens (including phenoxy) is 1. The molecule has 0 saturated heterocycles. The molecule has 120 valence electrons. The van der Waals surface area contributed by atoms with E-state index in [4.69, 9.17) is 51.1 Å². The fraction of sp³-hybridized carbons (Fsp3) is 0.0667. The van der Waals surface area contributed by atoms with E-state index in [0.717, 1.165) is 0 Å². The first-order chi connectivity index (χ1) is 11.0. The Morgan fingerprint density at radius 2 is 1.70 bits per heavy atom. The maximum Gasteiger partial charge on any atom is 0.277 e. The molecule has 0 spiro atoms. The van der Waals surface area contributed by atoms with E-state index in [0.29, 0.717) is 31.4 Å². The number of halogens is 4. The van der Waals surface area contributed by atoms with Crippen molar-refractivity contribution in [2.24, 2.45) is 5.10 Å². The predicted octanol–water partition coefficient (Wildman–Crippen LogP) is 4.83. The molecular formula is C15H10Cl4N2O2. The second-order valence-corrected chi connectivity index (χ2v) is 6.01. The van der Waals surface area contributed by atoms with E-state index in [1.165, 1.54) is 12.3 Å². The highest BCUT2D eigenvalue weighted by Crippen LogP contribution is 2.27. The molecular weight excluding hydrogens is 382 g/mol. The van der Waals surface area contributed by atoms with Crippen LogP contribution in [0.25, 0.3) is 0 Å². The van der Waals surface area contributed by atoms with E-state index >= 15 is 0 Å². The minimum atomic E-state index is -0.447. The highest BCUT2D eigenvalue weighted by molar-refractivity contribution is 6.36. The number of carbonyl (C=O) groups is 1. The number of hydrogen-bond acceptors (Lipinski definition) is 3. The molecule has 0 aliphatic rings. The maximum absolute atomic E-state index is 11.7. The second-order valence-electron chi connectivity index (χ2n) is 4.32. The van der Waals surface area contributed by atoms with Gasteiger partial charge in [-0.3, -0.25) is 4.79 Å². The van der Waals surface area contributed by atoms with E-state index in [-0.39, 0.29) is 6.61 Å². The molecule has 0 saturated carbocycles. The molecule has 2 aromatic rings. The fourth-order valence-electron chi connectivity index (χ4n) is 1.55. The summed E-state index contributed by atoms with van der Waals surface area (Å²) in [5.41, 5.74) is 2.94. The molecule has 0 atom stereocenters. The van der Waals surface area contributed by atoms with Gasteiger partial charge >= 0.3 is 0 Å². The van der Waals surface area contributed by atoms with Gasteiger partial charge in [-0.2, -0.15) is 5.10 Å². The molecule has 2 rings (SSSR count). The van der Waals surface area contributed by atoms with E-state index in [9.17, 15) is 4.79 Å².